The molecular formula is C16H21N3OS. The summed E-state index contributed by atoms with van der Waals surface area (Å²) >= 11 is 1.40. The molecule has 1 fully saturated rings. The highest BCUT2D eigenvalue weighted by Gasteiger charge is 2.28. The Morgan fingerprint density at radius 1 is 1.38 bits per heavy atom. The number of hydrogen-bond acceptors (Lipinski definition) is 4. The average molecular weight is 303 g/mol. The summed E-state index contributed by atoms with van der Waals surface area (Å²) in [6.07, 6.45) is 6.31. The van der Waals surface area contributed by atoms with Gasteiger partial charge in [0.1, 0.15) is 9.71 Å². The third-order valence-electron chi connectivity index (χ3n) is 4.55. The third-order valence-corrected chi connectivity index (χ3v) is 5.67. The summed E-state index contributed by atoms with van der Waals surface area (Å²) in [5.74, 6) is 0.818. The van der Waals surface area contributed by atoms with Gasteiger partial charge in [0.25, 0.3) is 5.91 Å². The summed E-state index contributed by atoms with van der Waals surface area (Å²) in [5.41, 5.74) is 6.73. The number of hydrogen-bond donors (Lipinski definition) is 1. The molecule has 0 unspecified atom stereocenters. The van der Waals surface area contributed by atoms with Gasteiger partial charge in [0.05, 0.1) is 5.69 Å². The molecule has 2 heterocycles. The number of amides is 1. The highest BCUT2D eigenvalue weighted by Crippen LogP contribution is 2.34. The van der Waals surface area contributed by atoms with Crippen molar-refractivity contribution in [1.29, 1.82) is 0 Å². The zero-order valence-electron chi connectivity index (χ0n) is 12.5. The molecule has 1 amide bonds. The lowest BCUT2D eigenvalue weighted by Crippen LogP contribution is -2.39. The zero-order chi connectivity index (χ0) is 15.0. The second-order valence-electron chi connectivity index (χ2n) is 6.03. The molecule has 0 spiro atoms. The van der Waals surface area contributed by atoms with Crippen LogP contribution >= 0.6 is 11.3 Å². The van der Waals surface area contributed by atoms with Gasteiger partial charge in [-0.05, 0) is 43.7 Å². The van der Waals surface area contributed by atoms with Crippen LogP contribution in [0.2, 0.25) is 0 Å². The van der Waals surface area contributed by atoms with E-state index in [0.29, 0.717) is 16.6 Å². The number of fused-ring (bicyclic) bond motifs is 1. The number of pyridine rings is 1. The summed E-state index contributed by atoms with van der Waals surface area (Å²) in [6, 6.07) is 4.12. The van der Waals surface area contributed by atoms with E-state index in [4.69, 9.17) is 5.73 Å². The number of carbonyl (C=O) groups is 1. The van der Waals surface area contributed by atoms with Crippen LogP contribution in [0.25, 0.3) is 10.2 Å². The number of anilines is 1. The molecule has 4 nitrogen and oxygen atoms in total. The van der Waals surface area contributed by atoms with Gasteiger partial charge in [0.15, 0.2) is 0 Å². The van der Waals surface area contributed by atoms with Crippen LogP contribution in [0.5, 0.6) is 0 Å². The minimum Gasteiger partial charge on any atom is -0.397 e. The largest absolute Gasteiger partial charge is 0.397 e. The summed E-state index contributed by atoms with van der Waals surface area (Å²) < 4.78 is 0. The van der Waals surface area contributed by atoms with Crippen molar-refractivity contribution in [2.75, 3.05) is 12.8 Å². The quantitative estimate of drug-likeness (QED) is 0.923. The van der Waals surface area contributed by atoms with Crippen LogP contribution in [0.3, 0.4) is 0 Å². The topological polar surface area (TPSA) is 59.2 Å². The SMILES string of the molecule is CC1CCC(N(C)C(=O)c2sc3ncccc3c2N)CC1. The lowest BCUT2D eigenvalue weighted by molar-refractivity contribution is 0.0685. The molecule has 1 aliphatic carbocycles. The number of carbonyl (C=O) groups excluding carboxylic acids is 1. The molecule has 0 bridgehead atoms. The van der Waals surface area contributed by atoms with Crippen LogP contribution < -0.4 is 5.73 Å². The normalized spacial score (nSPS) is 22.4. The van der Waals surface area contributed by atoms with Gasteiger partial charge in [-0.1, -0.05) is 6.92 Å². The predicted molar refractivity (Wildman–Crippen MR) is 87.5 cm³/mol. The summed E-state index contributed by atoms with van der Waals surface area (Å²) in [5, 5.41) is 0.886. The molecule has 2 N–H and O–H groups in total. The van der Waals surface area contributed by atoms with Gasteiger partial charge in [-0.3, -0.25) is 4.79 Å². The van der Waals surface area contributed by atoms with Crippen LogP contribution in [0.1, 0.15) is 42.3 Å². The maximum atomic E-state index is 12.7. The molecule has 0 atom stereocenters. The van der Waals surface area contributed by atoms with Crippen molar-refractivity contribution in [2.24, 2.45) is 5.92 Å². The van der Waals surface area contributed by atoms with Gasteiger partial charge in [0, 0.05) is 24.7 Å². The molecule has 1 saturated carbocycles. The lowest BCUT2D eigenvalue weighted by Gasteiger charge is -2.33. The van der Waals surface area contributed by atoms with E-state index in [1.807, 2.05) is 24.1 Å². The molecule has 1 aliphatic rings. The number of nitrogen functional groups attached to an aromatic ring is 1. The van der Waals surface area contributed by atoms with Crippen molar-refractivity contribution in [3.8, 4) is 0 Å². The summed E-state index contributed by atoms with van der Waals surface area (Å²) in [7, 11) is 1.90. The van der Waals surface area contributed by atoms with Crippen LogP contribution in [-0.2, 0) is 0 Å². The van der Waals surface area contributed by atoms with E-state index in [1.165, 1.54) is 24.2 Å². The van der Waals surface area contributed by atoms with Gasteiger partial charge < -0.3 is 10.6 Å². The standard InChI is InChI=1S/C16H21N3OS/c1-10-5-7-11(8-6-10)19(2)16(20)14-13(17)12-4-3-9-18-15(12)21-14/h3-4,9-11H,5-8,17H2,1-2H3. The molecule has 0 saturated heterocycles. The van der Waals surface area contributed by atoms with Gasteiger partial charge in [0.2, 0.25) is 0 Å². The van der Waals surface area contributed by atoms with Crippen molar-refractivity contribution < 1.29 is 4.79 Å². The van der Waals surface area contributed by atoms with E-state index >= 15 is 0 Å². The first-order valence-electron chi connectivity index (χ1n) is 7.48. The summed E-state index contributed by atoms with van der Waals surface area (Å²) in [6.45, 7) is 2.29. The van der Waals surface area contributed by atoms with Crippen LogP contribution in [0, 0.1) is 5.92 Å². The number of nitrogens with zero attached hydrogens (tertiary/aromatic N) is 2. The van der Waals surface area contributed by atoms with E-state index in [0.717, 1.165) is 29.0 Å². The van der Waals surface area contributed by atoms with E-state index in [1.54, 1.807) is 6.20 Å². The molecule has 2 aromatic rings. The fourth-order valence-electron chi connectivity index (χ4n) is 3.07. The Labute approximate surface area is 129 Å². The molecule has 2 aromatic heterocycles. The Kier molecular flexibility index (Phi) is 3.85. The summed E-state index contributed by atoms with van der Waals surface area (Å²) in [4.78, 5) is 20.4. The monoisotopic (exact) mass is 303 g/mol. The molecule has 3 rings (SSSR count). The van der Waals surface area contributed by atoms with E-state index in [9.17, 15) is 4.79 Å². The van der Waals surface area contributed by atoms with Crippen LogP contribution in [0.15, 0.2) is 18.3 Å². The zero-order valence-corrected chi connectivity index (χ0v) is 13.3. The molecule has 0 aliphatic heterocycles. The van der Waals surface area contributed by atoms with E-state index in [2.05, 4.69) is 11.9 Å². The van der Waals surface area contributed by atoms with Gasteiger partial charge in [-0.15, -0.1) is 11.3 Å². The Hall–Kier alpha value is -1.62. The van der Waals surface area contributed by atoms with E-state index < -0.39 is 0 Å². The maximum Gasteiger partial charge on any atom is 0.266 e. The number of thiophene rings is 1. The maximum absolute atomic E-state index is 12.7. The second kappa shape index (κ2) is 5.64. The first kappa shape index (κ1) is 14.3. The van der Waals surface area contributed by atoms with Gasteiger partial charge in [-0.25, -0.2) is 4.98 Å². The minimum atomic E-state index is 0.0371. The first-order chi connectivity index (χ1) is 10.1. The second-order valence-corrected chi connectivity index (χ2v) is 7.03. The first-order valence-corrected chi connectivity index (χ1v) is 8.29. The Morgan fingerprint density at radius 3 is 2.76 bits per heavy atom. The number of nitrogens with two attached hydrogens (primary N) is 1. The highest BCUT2D eigenvalue weighted by atomic mass is 32.1. The third kappa shape index (κ3) is 2.62. The molecular weight excluding hydrogens is 282 g/mol. The lowest BCUT2D eigenvalue weighted by atomic mass is 9.87. The minimum absolute atomic E-state index is 0.0371. The molecule has 21 heavy (non-hydrogen) atoms. The number of rotatable bonds is 2. The smallest absolute Gasteiger partial charge is 0.266 e. The van der Waals surface area contributed by atoms with Crippen LogP contribution in [0.4, 0.5) is 5.69 Å². The molecule has 0 radical (unpaired) electrons. The Balaban J connectivity index is 1.84. The fourth-order valence-corrected chi connectivity index (χ4v) is 4.11. The molecule has 112 valence electrons. The predicted octanol–water partition coefficient (Wildman–Crippen LogP) is 3.53. The number of aromatic nitrogens is 1. The van der Waals surface area contributed by atoms with Gasteiger partial charge >= 0.3 is 0 Å². The van der Waals surface area contributed by atoms with Crippen molar-refractivity contribution >= 4 is 33.1 Å². The average Bonchev–Trinajstić information content (AvgIpc) is 2.84. The van der Waals surface area contributed by atoms with Gasteiger partial charge in [-0.2, -0.15) is 0 Å². The van der Waals surface area contributed by atoms with E-state index in [-0.39, 0.29) is 5.91 Å². The van der Waals surface area contributed by atoms with Crippen molar-refractivity contribution in [3.05, 3.63) is 23.2 Å². The molecule has 0 aromatic carbocycles. The van der Waals surface area contributed by atoms with Crippen molar-refractivity contribution in [2.45, 2.75) is 38.6 Å². The Morgan fingerprint density at radius 2 is 2.10 bits per heavy atom. The van der Waals surface area contributed by atoms with Crippen LogP contribution in [-0.4, -0.2) is 28.9 Å². The highest BCUT2D eigenvalue weighted by molar-refractivity contribution is 7.21. The van der Waals surface area contributed by atoms with Crippen molar-refractivity contribution in [3.63, 3.8) is 0 Å². The fraction of sp³-hybridized carbons (Fsp3) is 0.500. The molecule has 5 heteroatoms. The van der Waals surface area contributed by atoms with Crippen molar-refractivity contribution in [1.82, 2.24) is 9.88 Å². The Bertz CT molecular complexity index is 659.